The van der Waals surface area contributed by atoms with Crippen molar-refractivity contribution in [3.8, 4) is 0 Å². The number of hydrogen-bond acceptors (Lipinski definition) is 2. The van der Waals surface area contributed by atoms with Crippen LogP contribution in [0, 0.1) is 5.92 Å². The van der Waals surface area contributed by atoms with Crippen LogP contribution in [-0.4, -0.2) is 25.8 Å². The maximum absolute atomic E-state index is 5.61. The standard InChI is InChI=1S/C12H25NO/c1-3-8-13-10-11(2)6-7-12-5-4-9-14-12/h11-13H,3-10H2,1-2H3. The molecule has 1 saturated heterocycles. The number of nitrogens with one attached hydrogen (secondary N) is 1. The minimum absolute atomic E-state index is 0.573. The Labute approximate surface area is 88.4 Å². The molecule has 0 amide bonds. The molecule has 84 valence electrons. The summed E-state index contributed by atoms with van der Waals surface area (Å²) in [5.74, 6) is 0.797. The lowest BCUT2D eigenvalue weighted by molar-refractivity contribution is 0.0987. The van der Waals surface area contributed by atoms with E-state index in [2.05, 4.69) is 19.2 Å². The van der Waals surface area contributed by atoms with Crippen LogP contribution in [0.5, 0.6) is 0 Å². The highest BCUT2D eigenvalue weighted by atomic mass is 16.5. The van der Waals surface area contributed by atoms with Gasteiger partial charge in [0, 0.05) is 6.61 Å². The number of hydrogen-bond donors (Lipinski definition) is 1. The van der Waals surface area contributed by atoms with Crippen molar-refractivity contribution in [2.45, 2.75) is 52.1 Å². The molecule has 2 atom stereocenters. The first-order valence-electron chi connectivity index (χ1n) is 6.15. The summed E-state index contributed by atoms with van der Waals surface area (Å²) in [6, 6.07) is 0. The summed E-state index contributed by atoms with van der Waals surface area (Å²) >= 11 is 0. The van der Waals surface area contributed by atoms with Crippen LogP contribution in [0.25, 0.3) is 0 Å². The Balaban J connectivity index is 1.93. The van der Waals surface area contributed by atoms with E-state index in [0.29, 0.717) is 6.10 Å². The Kier molecular flexibility index (Phi) is 6.20. The maximum Gasteiger partial charge on any atom is 0.0576 e. The lowest BCUT2D eigenvalue weighted by Crippen LogP contribution is -2.22. The zero-order valence-corrected chi connectivity index (χ0v) is 9.72. The molecule has 2 nitrogen and oxygen atoms in total. The first-order valence-corrected chi connectivity index (χ1v) is 6.15. The van der Waals surface area contributed by atoms with E-state index in [1.54, 1.807) is 0 Å². The average molecular weight is 199 g/mol. The predicted molar refractivity (Wildman–Crippen MR) is 60.5 cm³/mol. The van der Waals surface area contributed by atoms with Crippen LogP contribution in [0.2, 0.25) is 0 Å². The van der Waals surface area contributed by atoms with Crippen LogP contribution >= 0.6 is 0 Å². The van der Waals surface area contributed by atoms with Crippen molar-refractivity contribution < 1.29 is 4.74 Å². The largest absolute Gasteiger partial charge is 0.378 e. The second-order valence-corrected chi connectivity index (χ2v) is 4.52. The lowest BCUT2D eigenvalue weighted by Gasteiger charge is -2.14. The van der Waals surface area contributed by atoms with E-state index >= 15 is 0 Å². The van der Waals surface area contributed by atoms with Gasteiger partial charge in [-0.2, -0.15) is 0 Å². The highest BCUT2D eigenvalue weighted by molar-refractivity contribution is 4.67. The molecular formula is C12H25NO. The molecule has 0 saturated carbocycles. The van der Waals surface area contributed by atoms with Crippen molar-refractivity contribution in [3.05, 3.63) is 0 Å². The quantitative estimate of drug-likeness (QED) is 0.636. The summed E-state index contributed by atoms with van der Waals surface area (Å²) < 4.78 is 5.61. The molecule has 1 aliphatic rings. The van der Waals surface area contributed by atoms with Crippen LogP contribution in [-0.2, 0) is 4.74 Å². The highest BCUT2D eigenvalue weighted by Crippen LogP contribution is 2.19. The molecule has 2 unspecified atom stereocenters. The van der Waals surface area contributed by atoms with Crippen molar-refractivity contribution in [1.29, 1.82) is 0 Å². The van der Waals surface area contributed by atoms with Crippen molar-refractivity contribution >= 4 is 0 Å². The second kappa shape index (κ2) is 7.24. The fraction of sp³-hybridized carbons (Fsp3) is 1.00. The molecule has 0 aliphatic carbocycles. The molecule has 1 rings (SSSR count). The molecule has 0 aromatic heterocycles. The van der Waals surface area contributed by atoms with Crippen molar-refractivity contribution in [2.75, 3.05) is 19.7 Å². The topological polar surface area (TPSA) is 21.3 Å². The summed E-state index contributed by atoms with van der Waals surface area (Å²) in [5.41, 5.74) is 0. The Morgan fingerprint density at radius 3 is 3.00 bits per heavy atom. The van der Waals surface area contributed by atoms with Gasteiger partial charge in [-0.1, -0.05) is 13.8 Å². The Bertz CT molecular complexity index is 132. The summed E-state index contributed by atoms with van der Waals surface area (Å²) in [6.45, 7) is 7.86. The lowest BCUT2D eigenvalue weighted by atomic mass is 10.0. The van der Waals surface area contributed by atoms with Crippen LogP contribution in [0.1, 0.15) is 46.0 Å². The molecule has 0 spiro atoms. The third-order valence-corrected chi connectivity index (χ3v) is 2.93. The van der Waals surface area contributed by atoms with Crippen molar-refractivity contribution in [2.24, 2.45) is 5.92 Å². The SMILES string of the molecule is CCCNCC(C)CCC1CCCO1. The fourth-order valence-corrected chi connectivity index (χ4v) is 1.97. The van der Waals surface area contributed by atoms with E-state index < -0.39 is 0 Å². The molecule has 1 aliphatic heterocycles. The van der Waals surface area contributed by atoms with E-state index in [0.717, 1.165) is 19.1 Å². The van der Waals surface area contributed by atoms with Gasteiger partial charge in [0.1, 0.15) is 0 Å². The molecule has 14 heavy (non-hydrogen) atoms. The van der Waals surface area contributed by atoms with Gasteiger partial charge in [-0.25, -0.2) is 0 Å². The van der Waals surface area contributed by atoms with Gasteiger partial charge in [-0.15, -0.1) is 0 Å². The van der Waals surface area contributed by atoms with E-state index in [4.69, 9.17) is 4.74 Å². The summed E-state index contributed by atoms with van der Waals surface area (Å²) in [7, 11) is 0. The molecule has 1 fully saturated rings. The van der Waals surface area contributed by atoms with Crippen LogP contribution in [0.3, 0.4) is 0 Å². The molecule has 0 bridgehead atoms. The van der Waals surface area contributed by atoms with E-state index in [1.807, 2.05) is 0 Å². The predicted octanol–water partition coefficient (Wildman–Crippen LogP) is 2.58. The maximum atomic E-state index is 5.61. The zero-order chi connectivity index (χ0) is 10.2. The third kappa shape index (κ3) is 4.97. The monoisotopic (exact) mass is 199 g/mol. The van der Waals surface area contributed by atoms with E-state index in [1.165, 1.54) is 38.6 Å². The van der Waals surface area contributed by atoms with Gasteiger partial charge in [0.05, 0.1) is 6.10 Å². The van der Waals surface area contributed by atoms with Crippen molar-refractivity contribution in [3.63, 3.8) is 0 Å². The Hall–Kier alpha value is -0.0800. The van der Waals surface area contributed by atoms with E-state index in [-0.39, 0.29) is 0 Å². The van der Waals surface area contributed by atoms with Gasteiger partial charge >= 0.3 is 0 Å². The normalized spacial score (nSPS) is 24.0. The molecule has 2 heteroatoms. The molecule has 1 N–H and O–H groups in total. The molecule has 0 aromatic carbocycles. The third-order valence-electron chi connectivity index (χ3n) is 2.93. The number of ether oxygens (including phenoxy) is 1. The minimum Gasteiger partial charge on any atom is -0.378 e. The van der Waals surface area contributed by atoms with Gasteiger partial charge < -0.3 is 10.1 Å². The van der Waals surface area contributed by atoms with Crippen LogP contribution in [0.15, 0.2) is 0 Å². The smallest absolute Gasteiger partial charge is 0.0576 e. The Morgan fingerprint density at radius 2 is 2.36 bits per heavy atom. The van der Waals surface area contributed by atoms with E-state index in [9.17, 15) is 0 Å². The van der Waals surface area contributed by atoms with Gasteiger partial charge in [0.15, 0.2) is 0 Å². The Morgan fingerprint density at radius 1 is 1.50 bits per heavy atom. The highest BCUT2D eigenvalue weighted by Gasteiger charge is 2.15. The van der Waals surface area contributed by atoms with Gasteiger partial charge in [0.25, 0.3) is 0 Å². The van der Waals surface area contributed by atoms with Gasteiger partial charge in [0.2, 0.25) is 0 Å². The minimum atomic E-state index is 0.573. The average Bonchev–Trinajstić information content (AvgIpc) is 2.68. The van der Waals surface area contributed by atoms with Crippen molar-refractivity contribution in [1.82, 2.24) is 5.32 Å². The summed E-state index contributed by atoms with van der Waals surface area (Å²) in [5, 5.41) is 3.47. The van der Waals surface area contributed by atoms with Crippen LogP contribution in [0.4, 0.5) is 0 Å². The molecule has 0 aromatic rings. The molecular weight excluding hydrogens is 174 g/mol. The molecule has 1 heterocycles. The van der Waals surface area contributed by atoms with Crippen LogP contribution < -0.4 is 5.32 Å². The second-order valence-electron chi connectivity index (χ2n) is 4.52. The van der Waals surface area contributed by atoms with Gasteiger partial charge in [-0.3, -0.25) is 0 Å². The molecule has 0 radical (unpaired) electrons. The summed E-state index contributed by atoms with van der Waals surface area (Å²) in [6.07, 6.45) is 6.93. The number of rotatable bonds is 7. The van der Waals surface area contributed by atoms with Gasteiger partial charge in [-0.05, 0) is 51.1 Å². The zero-order valence-electron chi connectivity index (χ0n) is 9.72. The first kappa shape index (κ1) is 12.0. The fourth-order valence-electron chi connectivity index (χ4n) is 1.97. The summed E-state index contributed by atoms with van der Waals surface area (Å²) in [4.78, 5) is 0. The first-order chi connectivity index (χ1) is 6.83.